The Labute approximate surface area is 136 Å². The average Bonchev–Trinajstić information content (AvgIpc) is 2.87. The molecule has 0 saturated heterocycles. The van der Waals surface area contributed by atoms with Gasteiger partial charge in [-0.25, -0.2) is 0 Å². The summed E-state index contributed by atoms with van der Waals surface area (Å²) in [6.45, 7) is 0.504. The molecule has 2 aromatic rings. The third kappa shape index (κ3) is 4.70. The molecule has 0 aliphatic heterocycles. The van der Waals surface area contributed by atoms with E-state index in [1.54, 1.807) is 41.1 Å². The summed E-state index contributed by atoms with van der Waals surface area (Å²) in [6, 6.07) is 9.32. The van der Waals surface area contributed by atoms with Crippen molar-refractivity contribution in [1.82, 2.24) is 4.90 Å². The van der Waals surface area contributed by atoms with Gasteiger partial charge in [-0.2, -0.15) is 0 Å². The first-order valence-electron chi connectivity index (χ1n) is 5.90. The van der Waals surface area contributed by atoms with Crippen LogP contribution in [0.25, 0.3) is 0 Å². The molecule has 0 fully saturated rings. The fourth-order valence-electron chi connectivity index (χ4n) is 1.65. The summed E-state index contributed by atoms with van der Waals surface area (Å²) in [5.41, 5.74) is 0.930. The van der Waals surface area contributed by atoms with Gasteiger partial charge in [0.15, 0.2) is 0 Å². The van der Waals surface area contributed by atoms with Gasteiger partial charge in [0.2, 0.25) is 5.91 Å². The fourth-order valence-corrected chi connectivity index (χ4v) is 3.95. The molecule has 2 nitrogen and oxygen atoms in total. The molecule has 1 aromatic heterocycles. The third-order valence-corrected chi connectivity index (χ3v) is 5.15. The van der Waals surface area contributed by atoms with Crippen molar-refractivity contribution >= 4 is 52.2 Å². The summed E-state index contributed by atoms with van der Waals surface area (Å²) >= 11 is 15.1. The summed E-state index contributed by atoms with van der Waals surface area (Å²) < 4.78 is 1.15. The zero-order chi connectivity index (χ0) is 14.5. The van der Waals surface area contributed by atoms with Crippen LogP contribution in [-0.4, -0.2) is 23.6 Å². The van der Waals surface area contributed by atoms with Gasteiger partial charge in [0.1, 0.15) is 0 Å². The zero-order valence-corrected chi connectivity index (χ0v) is 14.0. The maximum atomic E-state index is 12.1. The van der Waals surface area contributed by atoms with E-state index in [4.69, 9.17) is 23.2 Å². The van der Waals surface area contributed by atoms with Crippen molar-refractivity contribution in [2.24, 2.45) is 0 Å². The highest BCUT2D eigenvalue weighted by atomic mass is 35.5. The van der Waals surface area contributed by atoms with Crippen LogP contribution in [0.3, 0.4) is 0 Å². The highest BCUT2D eigenvalue weighted by Crippen LogP contribution is 2.24. The summed E-state index contributed by atoms with van der Waals surface area (Å²) in [5, 5.41) is 3.17. The van der Waals surface area contributed by atoms with Gasteiger partial charge in [-0.05, 0) is 35.2 Å². The maximum absolute atomic E-state index is 12.1. The molecule has 1 amide bonds. The van der Waals surface area contributed by atoms with Crippen LogP contribution in [0.5, 0.6) is 0 Å². The molecule has 0 radical (unpaired) electrons. The van der Waals surface area contributed by atoms with Crippen molar-refractivity contribution in [3.63, 3.8) is 0 Å². The number of carbonyl (C=O) groups excluding carboxylic acids is 1. The molecule has 20 heavy (non-hydrogen) atoms. The van der Waals surface area contributed by atoms with Crippen LogP contribution in [0.15, 0.2) is 39.9 Å². The maximum Gasteiger partial charge on any atom is 0.233 e. The Bertz CT molecular complexity index is 567. The highest BCUT2D eigenvalue weighted by Gasteiger charge is 2.11. The number of benzene rings is 1. The molecular formula is C14H13Cl2NOS2. The van der Waals surface area contributed by atoms with Gasteiger partial charge in [-0.15, -0.1) is 23.1 Å². The predicted molar refractivity (Wildman–Crippen MR) is 88.0 cm³/mol. The van der Waals surface area contributed by atoms with Gasteiger partial charge in [-0.1, -0.05) is 29.3 Å². The molecule has 0 aliphatic rings. The molecule has 2 rings (SSSR count). The second kappa shape index (κ2) is 7.36. The van der Waals surface area contributed by atoms with E-state index in [1.165, 1.54) is 0 Å². The first-order valence-corrected chi connectivity index (χ1v) is 8.52. The Morgan fingerprint density at radius 1 is 1.30 bits per heavy atom. The largest absolute Gasteiger partial charge is 0.341 e. The summed E-state index contributed by atoms with van der Waals surface area (Å²) in [6.07, 6.45) is 0. The van der Waals surface area contributed by atoms with Crippen molar-refractivity contribution in [1.29, 1.82) is 0 Å². The van der Waals surface area contributed by atoms with Crippen LogP contribution in [0.2, 0.25) is 10.0 Å². The number of thioether (sulfide) groups is 1. The Kier molecular flexibility index (Phi) is 5.78. The average molecular weight is 346 g/mol. The Balaban J connectivity index is 1.90. The lowest BCUT2D eigenvalue weighted by Gasteiger charge is -2.17. The molecule has 0 N–H and O–H groups in total. The molecule has 6 heteroatoms. The minimum atomic E-state index is 0.0829. The minimum absolute atomic E-state index is 0.0829. The summed E-state index contributed by atoms with van der Waals surface area (Å²) in [5.74, 6) is 0.519. The van der Waals surface area contributed by atoms with Gasteiger partial charge in [0.25, 0.3) is 0 Å². The van der Waals surface area contributed by atoms with Gasteiger partial charge in [-0.3, -0.25) is 4.79 Å². The number of hydrogen-bond acceptors (Lipinski definition) is 3. The SMILES string of the molecule is CN(Cc1cc(Cl)cc(Cl)c1)C(=O)CSc1cccs1. The molecular weight excluding hydrogens is 333 g/mol. The second-order valence-electron chi connectivity index (χ2n) is 4.25. The smallest absolute Gasteiger partial charge is 0.233 e. The number of nitrogens with zero attached hydrogens (tertiary/aromatic N) is 1. The molecule has 1 aromatic carbocycles. The van der Waals surface area contributed by atoms with Gasteiger partial charge in [0.05, 0.1) is 9.96 Å². The fraction of sp³-hybridized carbons (Fsp3) is 0.214. The number of hydrogen-bond donors (Lipinski definition) is 0. The summed E-state index contributed by atoms with van der Waals surface area (Å²) in [4.78, 5) is 13.7. The standard InChI is InChI=1S/C14H13Cl2NOS2/c1-17(8-10-5-11(15)7-12(16)6-10)13(18)9-20-14-3-2-4-19-14/h2-7H,8-9H2,1H3. The second-order valence-corrected chi connectivity index (χ2v) is 7.34. The van der Waals surface area contributed by atoms with E-state index in [0.29, 0.717) is 22.3 Å². The Morgan fingerprint density at radius 2 is 2.00 bits per heavy atom. The number of amides is 1. The monoisotopic (exact) mass is 345 g/mol. The molecule has 106 valence electrons. The van der Waals surface area contributed by atoms with Gasteiger partial charge in [0, 0.05) is 23.6 Å². The first-order chi connectivity index (χ1) is 9.54. The topological polar surface area (TPSA) is 20.3 Å². The third-order valence-electron chi connectivity index (χ3n) is 2.60. The highest BCUT2D eigenvalue weighted by molar-refractivity contribution is 8.01. The number of thiophene rings is 1. The van der Waals surface area contributed by atoms with E-state index in [1.807, 2.05) is 29.6 Å². The Morgan fingerprint density at radius 3 is 2.60 bits per heavy atom. The number of halogens is 2. The molecule has 1 heterocycles. The van der Waals surface area contributed by atoms with Crippen LogP contribution in [0, 0.1) is 0 Å². The zero-order valence-electron chi connectivity index (χ0n) is 10.8. The normalized spacial score (nSPS) is 10.6. The van der Waals surface area contributed by atoms with E-state index in [2.05, 4.69) is 0 Å². The van der Waals surface area contributed by atoms with E-state index in [0.717, 1.165) is 9.77 Å². The lowest BCUT2D eigenvalue weighted by molar-refractivity contribution is -0.127. The van der Waals surface area contributed by atoms with E-state index < -0.39 is 0 Å². The van der Waals surface area contributed by atoms with Crippen LogP contribution >= 0.6 is 46.3 Å². The van der Waals surface area contributed by atoms with Crippen molar-refractivity contribution in [2.75, 3.05) is 12.8 Å². The van der Waals surface area contributed by atoms with E-state index in [-0.39, 0.29) is 5.91 Å². The summed E-state index contributed by atoms with van der Waals surface area (Å²) in [7, 11) is 1.78. The van der Waals surface area contributed by atoms with Crippen molar-refractivity contribution < 1.29 is 4.79 Å². The first kappa shape index (κ1) is 15.7. The predicted octanol–water partition coefficient (Wildman–Crippen LogP) is 4.81. The van der Waals surface area contributed by atoms with Crippen molar-refractivity contribution in [3.05, 3.63) is 51.3 Å². The Hall–Kier alpha value is -0.680. The van der Waals surface area contributed by atoms with E-state index in [9.17, 15) is 4.79 Å². The molecule has 0 aliphatic carbocycles. The van der Waals surface area contributed by atoms with Crippen LogP contribution < -0.4 is 0 Å². The lowest BCUT2D eigenvalue weighted by Crippen LogP contribution is -2.27. The molecule has 0 unspecified atom stereocenters. The van der Waals surface area contributed by atoms with Crippen LogP contribution in [0.4, 0.5) is 0 Å². The van der Waals surface area contributed by atoms with Gasteiger partial charge < -0.3 is 4.90 Å². The van der Waals surface area contributed by atoms with Crippen molar-refractivity contribution in [3.8, 4) is 0 Å². The molecule has 0 atom stereocenters. The van der Waals surface area contributed by atoms with Crippen LogP contribution in [-0.2, 0) is 11.3 Å². The lowest BCUT2D eigenvalue weighted by atomic mass is 10.2. The number of rotatable bonds is 5. The molecule has 0 bridgehead atoms. The van der Waals surface area contributed by atoms with Crippen molar-refractivity contribution in [2.45, 2.75) is 10.8 Å². The van der Waals surface area contributed by atoms with E-state index >= 15 is 0 Å². The molecule has 0 spiro atoms. The quantitative estimate of drug-likeness (QED) is 0.725. The van der Waals surface area contributed by atoms with Crippen LogP contribution in [0.1, 0.15) is 5.56 Å². The minimum Gasteiger partial charge on any atom is -0.341 e. The van der Waals surface area contributed by atoms with Gasteiger partial charge >= 0.3 is 0 Å². The number of carbonyl (C=O) groups is 1. The molecule has 0 saturated carbocycles.